The molecule has 0 amide bonds. The summed E-state index contributed by atoms with van der Waals surface area (Å²) in [6, 6.07) is 86.4. The predicted octanol–water partition coefficient (Wildman–Crippen LogP) is 16.4. The number of anilines is 3. The molecule has 0 radical (unpaired) electrons. The van der Waals surface area contributed by atoms with Crippen molar-refractivity contribution in [3.05, 3.63) is 237 Å². The van der Waals surface area contributed by atoms with Crippen LogP contribution in [0.2, 0.25) is 0 Å². The monoisotopic (exact) mass is 749 g/mol. The van der Waals surface area contributed by atoms with Crippen molar-refractivity contribution in [3.63, 3.8) is 0 Å². The van der Waals surface area contributed by atoms with E-state index in [-0.39, 0.29) is 0 Å². The molecule has 0 unspecified atom stereocenters. The molecular weight excluding hydrogens is 711 g/mol. The van der Waals surface area contributed by atoms with Gasteiger partial charge in [0.1, 0.15) is 0 Å². The largest absolute Gasteiger partial charge is 0.310 e. The van der Waals surface area contributed by atoms with Gasteiger partial charge >= 0.3 is 0 Å². The fourth-order valence-electron chi connectivity index (χ4n) is 8.84. The minimum Gasteiger partial charge on any atom is -0.310 e. The van der Waals surface area contributed by atoms with E-state index in [0.717, 1.165) is 17.1 Å². The summed E-state index contributed by atoms with van der Waals surface area (Å²) in [5, 5.41) is 10.1. The molecule has 0 aliphatic carbocycles. The molecular formula is C58H39N. The van der Waals surface area contributed by atoms with Crippen molar-refractivity contribution < 1.29 is 0 Å². The first-order chi connectivity index (χ1) is 29.2. The Bertz CT molecular complexity index is 3310. The lowest BCUT2D eigenvalue weighted by Crippen LogP contribution is -2.10. The van der Waals surface area contributed by atoms with Crippen LogP contribution in [0.3, 0.4) is 0 Å². The van der Waals surface area contributed by atoms with Gasteiger partial charge in [0.25, 0.3) is 0 Å². The van der Waals surface area contributed by atoms with E-state index in [2.05, 4.69) is 241 Å². The molecule has 0 saturated carbocycles. The predicted molar refractivity (Wildman–Crippen MR) is 253 cm³/mol. The maximum atomic E-state index is 2.40. The summed E-state index contributed by atoms with van der Waals surface area (Å²) in [5.41, 5.74) is 12.8. The Kier molecular flexibility index (Phi) is 8.56. The Balaban J connectivity index is 1.08. The highest BCUT2D eigenvalue weighted by Crippen LogP contribution is 2.43. The van der Waals surface area contributed by atoms with E-state index in [1.54, 1.807) is 0 Å². The highest BCUT2D eigenvalue weighted by atomic mass is 15.1. The Morgan fingerprint density at radius 3 is 1.53 bits per heavy atom. The summed E-state index contributed by atoms with van der Waals surface area (Å²) in [6.45, 7) is 0. The summed E-state index contributed by atoms with van der Waals surface area (Å²) in [7, 11) is 0. The summed E-state index contributed by atoms with van der Waals surface area (Å²) in [6.07, 6.45) is 0. The van der Waals surface area contributed by atoms with Crippen LogP contribution in [-0.4, -0.2) is 0 Å². The van der Waals surface area contributed by atoms with Gasteiger partial charge in [0.15, 0.2) is 0 Å². The van der Waals surface area contributed by atoms with Gasteiger partial charge in [0.05, 0.1) is 0 Å². The molecule has 0 aromatic heterocycles. The van der Waals surface area contributed by atoms with Gasteiger partial charge in [-0.15, -0.1) is 0 Å². The van der Waals surface area contributed by atoms with Crippen molar-refractivity contribution >= 4 is 60.2 Å². The van der Waals surface area contributed by atoms with Crippen LogP contribution >= 0.6 is 0 Å². The minimum absolute atomic E-state index is 1.09. The first-order valence-corrected chi connectivity index (χ1v) is 20.3. The molecule has 276 valence electrons. The van der Waals surface area contributed by atoms with Crippen molar-refractivity contribution in [1.29, 1.82) is 0 Å². The first-order valence-electron chi connectivity index (χ1n) is 20.3. The Labute approximate surface area is 344 Å². The summed E-state index contributed by atoms with van der Waals surface area (Å²) < 4.78 is 0. The van der Waals surface area contributed by atoms with Gasteiger partial charge in [-0.25, -0.2) is 0 Å². The molecule has 0 fully saturated rings. The summed E-state index contributed by atoms with van der Waals surface area (Å²) >= 11 is 0. The van der Waals surface area contributed by atoms with E-state index in [4.69, 9.17) is 0 Å². The van der Waals surface area contributed by atoms with E-state index >= 15 is 0 Å². The number of rotatable bonds is 7. The molecule has 11 aromatic rings. The topological polar surface area (TPSA) is 3.24 Å². The van der Waals surface area contributed by atoms with Gasteiger partial charge < -0.3 is 4.90 Å². The second-order valence-corrected chi connectivity index (χ2v) is 15.3. The Morgan fingerprint density at radius 1 is 0.203 bits per heavy atom. The van der Waals surface area contributed by atoms with Gasteiger partial charge in [-0.3, -0.25) is 0 Å². The average molecular weight is 750 g/mol. The van der Waals surface area contributed by atoms with Crippen molar-refractivity contribution in [2.75, 3.05) is 4.90 Å². The molecule has 0 aliphatic rings. The van der Waals surface area contributed by atoms with E-state index in [9.17, 15) is 0 Å². The van der Waals surface area contributed by atoms with E-state index in [0.29, 0.717) is 0 Å². The average Bonchev–Trinajstić information content (AvgIpc) is 3.32. The molecule has 0 heterocycles. The number of hydrogen-bond acceptors (Lipinski definition) is 1. The smallest absolute Gasteiger partial charge is 0.0468 e. The molecule has 0 bridgehead atoms. The molecule has 11 rings (SSSR count). The normalized spacial score (nSPS) is 11.4. The standard InChI is InChI=1S/C58H39N/c1-3-12-40(13-4-1)42-26-30-50(31-27-42)59(51-20-11-19-47(37-51)48-24-22-41-14-7-8-18-46(41)36-48)52-32-35-54(58(39-52)43-15-5-2-6-16-43)49-25-23-45-29-33-55-53-21-10-9-17-44(53)28-34-56(55)57(45)38-49/h1-39H. The fourth-order valence-corrected chi connectivity index (χ4v) is 8.84. The molecule has 0 N–H and O–H groups in total. The lowest BCUT2D eigenvalue weighted by molar-refractivity contribution is 1.28. The lowest BCUT2D eigenvalue weighted by Gasteiger charge is -2.27. The highest BCUT2D eigenvalue weighted by molar-refractivity contribution is 6.18. The van der Waals surface area contributed by atoms with Gasteiger partial charge in [0.2, 0.25) is 0 Å². The van der Waals surface area contributed by atoms with Crippen LogP contribution in [0.5, 0.6) is 0 Å². The van der Waals surface area contributed by atoms with Crippen LogP contribution in [0.25, 0.3) is 87.6 Å². The molecule has 0 aliphatic heterocycles. The number of hydrogen-bond donors (Lipinski definition) is 0. The maximum absolute atomic E-state index is 2.40. The van der Waals surface area contributed by atoms with Crippen LogP contribution in [-0.2, 0) is 0 Å². The zero-order chi connectivity index (χ0) is 39.1. The van der Waals surface area contributed by atoms with Gasteiger partial charge in [-0.2, -0.15) is 0 Å². The van der Waals surface area contributed by atoms with Crippen LogP contribution in [0.1, 0.15) is 0 Å². The van der Waals surface area contributed by atoms with Crippen molar-refractivity contribution in [3.8, 4) is 44.5 Å². The summed E-state index contributed by atoms with van der Waals surface area (Å²) in [4.78, 5) is 2.40. The van der Waals surface area contributed by atoms with Crippen molar-refractivity contribution in [2.45, 2.75) is 0 Å². The Morgan fingerprint density at radius 2 is 0.729 bits per heavy atom. The third kappa shape index (κ3) is 6.40. The highest BCUT2D eigenvalue weighted by Gasteiger charge is 2.18. The first kappa shape index (κ1) is 34.5. The third-order valence-electron chi connectivity index (χ3n) is 11.8. The number of benzene rings is 11. The van der Waals surface area contributed by atoms with Crippen LogP contribution < -0.4 is 4.90 Å². The number of nitrogens with zero attached hydrogens (tertiary/aromatic N) is 1. The molecule has 1 nitrogen and oxygen atoms in total. The van der Waals surface area contributed by atoms with Gasteiger partial charge in [-0.05, 0) is 136 Å². The fraction of sp³-hybridized carbons (Fsp3) is 0. The SMILES string of the molecule is c1ccc(-c2ccc(N(c3cccc(-c4ccc5ccccc5c4)c3)c3ccc(-c4ccc5ccc6c7ccccc7ccc6c5c4)c(-c4ccccc4)c3)cc2)cc1. The third-order valence-corrected chi connectivity index (χ3v) is 11.8. The van der Waals surface area contributed by atoms with E-state index in [1.807, 2.05) is 0 Å². The minimum atomic E-state index is 1.09. The van der Waals surface area contributed by atoms with Crippen molar-refractivity contribution in [2.24, 2.45) is 0 Å². The zero-order valence-electron chi connectivity index (χ0n) is 32.5. The van der Waals surface area contributed by atoms with Gasteiger partial charge in [0, 0.05) is 17.1 Å². The molecule has 0 atom stereocenters. The van der Waals surface area contributed by atoms with Crippen LogP contribution in [0, 0.1) is 0 Å². The van der Waals surface area contributed by atoms with Gasteiger partial charge in [-0.1, -0.05) is 188 Å². The lowest BCUT2D eigenvalue weighted by atomic mass is 9.90. The zero-order valence-corrected chi connectivity index (χ0v) is 32.5. The second kappa shape index (κ2) is 14.6. The molecule has 1 heteroatoms. The van der Waals surface area contributed by atoms with Crippen LogP contribution in [0.4, 0.5) is 17.1 Å². The maximum Gasteiger partial charge on any atom is 0.0468 e. The summed E-state index contributed by atoms with van der Waals surface area (Å²) in [5.74, 6) is 0. The van der Waals surface area contributed by atoms with E-state index < -0.39 is 0 Å². The molecule has 0 spiro atoms. The molecule has 11 aromatic carbocycles. The second-order valence-electron chi connectivity index (χ2n) is 15.3. The molecule has 0 saturated heterocycles. The van der Waals surface area contributed by atoms with Crippen LogP contribution in [0.15, 0.2) is 237 Å². The molecule has 59 heavy (non-hydrogen) atoms. The quantitative estimate of drug-likeness (QED) is 0.147. The van der Waals surface area contributed by atoms with Crippen molar-refractivity contribution in [1.82, 2.24) is 0 Å². The number of fused-ring (bicyclic) bond motifs is 6. The van der Waals surface area contributed by atoms with E-state index in [1.165, 1.54) is 87.6 Å². The Hall–Kier alpha value is -7.74.